The molecule has 3 heterocycles. The van der Waals surface area contributed by atoms with E-state index in [1.54, 1.807) is 0 Å². The Hall–Kier alpha value is -2.44. The fraction of sp³-hybridized carbons (Fsp3) is 0.579. The fourth-order valence-electron chi connectivity index (χ4n) is 3.62. The van der Waals surface area contributed by atoms with Gasteiger partial charge in [0.1, 0.15) is 5.82 Å². The molecule has 0 atom stereocenters. The van der Waals surface area contributed by atoms with E-state index in [9.17, 15) is 0 Å². The molecule has 4 rings (SSSR count). The molecule has 3 aromatic heterocycles. The molecule has 7 nitrogen and oxygen atoms in total. The predicted molar refractivity (Wildman–Crippen MR) is 99.3 cm³/mol. The van der Waals surface area contributed by atoms with Gasteiger partial charge in [0.05, 0.1) is 12.2 Å². The van der Waals surface area contributed by atoms with E-state index in [4.69, 9.17) is 9.51 Å². The zero-order valence-corrected chi connectivity index (χ0v) is 15.7. The molecule has 138 valence electrons. The summed E-state index contributed by atoms with van der Waals surface area (Å²) in [7, 11) is 0. The molecule has 0 radical (unpaired) electrons. The Morgan fingerprint density at radius 1 is 1.19 bits per heavy atom. The van der Waals surface area contributed by atoms with Crippen LogP contribution in [0.3, 0.4) is 0 Å². The van der Waals surface area contributed by atoms with Gasteiger partial charge in [-0.3, -0.25) is 0 Å². The number of anilines is 1. The minimum Gasteiger partial charge on any atom is -0.361 e. The third-order valence-corrected chi connectivity index (χ3v) is 5.35. The summed E-state index contributed by atoms with van der Waals surface area (Å²) in [5.41, 5.74) is 4.04. The van der Waals surface area contributed by atoms with E-state index < -0.39 is 0 Å². The van der Waals surface area contributed by atoms with Gasteiger partial charge in [-0.25, -0.2) is 4.98 Å². The van der Waals surface area contributed by atoms with Gasteiger partial charge in [0.15, 0.2) is 11.5 Å². The van der Waals surface area contributed by atoms with E-state index in [1.807, 2.05) is 17.5 Å². The van der Waals surface area contributed by atoms with Crippen molar-refractivity contribution in [2.45, 2.75) is 71.8 Å². The van der Waals surface area contributed by atoms with Crippen LogP contribution in [0.1, 0.15) is 73.6 Å². The van der Waals surface area contributed by atoms with Gasteiger partial charge in [0, 0.05) is 23.2 Å². The van der Waals surface area contributed by atoms with Gasteiger partial charge < -0.3 is 9.84 Å². The van der Waals surface area contributed by atoms with Crippen LogP contribution in [-0.2, 0) is 13.0 Å². The highest BCUT2D eigenvalue weighted by Gasteiger charge is 2.21. The molecule has 0 aromatic carbocycles. The van der Waals surface area contributed by atoms with Crippen molar-refractivity contribution in [2.24, 2.45) is 0 Å². The van der Waals surface area contributed by atoms with Crippen LogP contribution in [0.15, 0.2) is 10.6 Å². The first-order chi connectivity index (χ1) is 12.7. The molecule has 3 aromatic rings. The molecule has 0 unspecified atom stereocenters. The van der Waals surface area contributed by atoms with Crippen LogP contribution in [0.4, 0.5) is 5.82 Å². The molecule has 26 heavy (non-hydrogen) atoms. The molecule has 7 heteroatoms. The van der Waals surface area contributed by atoms with Crippen LogP contribution >= 0.6 is 0 Å². The Balaban J connectivity index is 1.54. The molecule has 0 amide bonds. The maximum absolute atomic E-state index is 5.47. The Labute approximate surface area is 153 Å². The van der Waals surface area contributed by atoms with Crippen LogP contribution in [0, 0.1) is 13.8 Å². The smallest absolute Gasteiger partial charge is 0.245 e. The number of rotatable bonds is 5. The summed E-state index contributed by atoms with van der Waals surface area (Å²) in [6.45, 7) is 6.66. The second kappa shape index (κ2) is 7.05. The normalized spacial score (nSPS) is 15.7. The monoisotopic (exact) mass is 354 g/mol. The van der Waals surface area contributed by atoms with Gasteiger partial charge in [-0.15, -0.1) is 0 Å². The number of hydrogen-bond acceptors (Lipinski definition) is 6. The topological polar surface area (TPSA) is 81.1 Å². The summed E-state index contributed by atoms with van der Waals surface area (Å²) in [6, 6.07) is 2.04. The molecule has 0 bridgehead atoms. The Kier molecular flexibility index (Phi) is 4.61. The SMILES string of the molecule is CCc1cc(NCc2nc(C3CCCCC3)no2)n2nc(C)c(C)c2n1. The zero-order valence-electron chi connectivity index (χ0n) is 15.7. The number of fused-ring (bicyclic) bond motifs is 1. The Morgan fingerprint density at radius 3 is 2.77 bits per heavy atom. The summed E-state index contributed by atoms with van der Waals surface area (Å²) in [4.78, 5) is 9.31. The van der Waals surface area contributed by atoms with Gasteiger partial charge >= 0.3 is 0 Å². The maximum Gasteiger partial charge on any atom is 0.245 e. The van der Waals surface area contributed by atoms with Crippen molar-refractivity contribution in [3.63, 3.8) is 0 Å². The average molecular weight is 354 g/mol. The maximum atomic E-state index is 5.47. The molecule has 0 spiro atoms. The quantitative estimate of drug-likeness (QED) is 0.747. The van der Waals surface area contributed by atoms with E-state index in [0.717, 1.165) is 40.7 Å². The van der Waals surface area contributed by atoms with Crippen molar-refractivity contribution < 1.29 is 4.52 Å². The van der Waals surface area contributed by atoms with E-state index in [1.165, 1.54) is 32.1 Å². The van der Waals surface area contributed by atoms with Gasteiger partial charge in [0.25, 0.3) is 0 Å². The second-order valence-electron chi connectivity index (χ2n) is 7.17. The number of nitrogens with one attached hydrogen (secondary N) is 1. The van der Waals surface area contributed by atoms with Crippen molar-refractivity contribution in [1.29, 1.82) is 0 Å². The molecule has 1 aliphatic carbocycles. The van der Waals surface area contributed by atoms with E-state index >= 15 is 0 Å². The first-order valence-corrected chi connectivity index (χ1v) is 9.58. The minimum absolute atomic E-state index is 0.456. The number of aryl methyl sites for hydroxylation is 3. The first-order valence-electron chi connectivity index (χ1n) is 9.58. The molecule has 1 fully saturated rings. The fourth-order valence-corrected chi connectivity index (χ4v) is 3.62. The highest BCUT2D eigenvalue weighted by atomic mass is 16.5. The second-order valence-corrected chi connectivity index (χ2v) is 7.17. The molecule has 1 saturated carbocycles. The van der Waals surface area contributed by atoms with Crippen LogP contribution in [0.25, 0.3) is 5.65 Å². The van der Waals surface area contributed by atoms with Gasteiger partial charge in [-0.2, -0.15) is 14.6 Å². The number of aromatic nitrogens is 5. The largest absolute Gasteiger partial charge is 0.361 e. The lowest BCUT2D eigenvalue weighted by atomic mass is 9.89. The van der Waals surface area contributed by atoms with Crippen molar-refractivity contribution in [2.75, 3.05) is 5.32 Å². The summed E-state index contributed by atoms with van der Waals surface area (Å²) >= 11 is 0. The Bertz CT molecular complexity index is 906. The number of hydrogen-bond donors (Lipinski definition) is 1. The molecule has 1 N–H and O–H groups in total. The summed E-state index contributed by atoms with van der Waals surface area (Å²) < 4.78 is 7.33. The minimum atomic E-state index is 0.456. The lowest BCUT2D eigenvalue weighted by Gasteiger charge is -2.17. The van der Waals surface area contributed by atoms with Gasteiger partial charge in [0.2, 0.25) is 5.89 Å². The van der Waals surface area contributed by atoms with E-state index in [0.29, 0.717) is 18.4 Å². The third-order valence-electron chi connectivity index (χ3n) is 5.35. The summed E-state index contributed by atoms with van der Waals surface area (Å²) in [6.07, 6.45) is 7.07. The molecule has 0 aliphatic heterocycles. The van der Waals surface area contributed by atoms with Crippen molar-refractivity contribution in [1.82, 2.24) is 24.7 Å². The predicted octanol–water partition coefficient (Wildman–Crippen LogP) is 3.95. The van der Waals surface area contributed by atoms with Gasteiger partial charge in [-0.05, 0) is 33.1 Å². The highest BCUT2D eigenvalue weighted by molar-refractivity contribution is 5.56. The zero-order chi connectivity index (χ0) is 18.1. The highest BCUT2D eigenvalue weighted by Crippen LogP contribution is 2.30. The third kappa shape index (κ3) is 3.18. The summed E-state index contributed by atoms with van der Waals surface area (Å²) in [5, 5.41) is 12.2. The van der Waals surface area contributed by atoms with E-state index in [-0.39, 0.29) is 0 Å². The first kappa shape index (κ1) is 17.0. The van der Waals surface area contributed by atoms with Crippen LogP contribution in [-0.4, -0.2) is 24.7 Å². The van der Waals surface area contributed by atoms with Crippen LogP contribution in [0.5, 0.6) is 0 Å². The molecule has 1 aliphatic rings. The number of nitrogens with zero attached hydrogens (tertiary/aromatic N) is 5. The molecular weight excluding hydrogens is 328 g/mol. The molecular formula is C19H26N6O. The molecule has 0 saturated heterocycles. The summed E-state index contributed by atoms with van der Waals surface area (Å²) in [5.74, 6) is 2.84. The Morgan fingerprint density at radius 2 is 2.00 bits per heavy atom. The van der Waals surface area contributed by atoms with E-state index in [2.05, 4.69) is 34.4 Å². The van der Waals surface area contributed by atoms with Crippen LogP contribution < -0.4 is 5.32 Å². The van der Waals surface area contributed by atoms with Crippen molar-refractivity contribution >= 4 is 11.5 Å². The van der Waals surface area contributed by atoms with Crippen LogP contribution in [0.2, 0.25) is 0 Å². The van der Waals surface area contributed by atoms with Gasteiger partial charge in [-0.1, -0.05) is 31.3 Å². The average Bonchev–Trinajstić information content (AvgIpc) is 3.26. The standard InChI is InChI=1S/C19H26N6O/c1-4-15-10-16(25-19(21-15)12(2)13(3)23-25)20-11-17-22-18(24-26-17)14-8-6-5-7-9-14/h10,14,20H,4-9,11H2,1-3H3. The van der Waals surface area contributed by atoms with Crippen molar-refractivity contribution in [3.05, 3.63) is 34.7 Å². The lowest BCUT2D eigenvalue weighted by molar-refractivity contribution is 0.361. The van der Waals surface area contributed by atoms with Crippen molar-refractivity contribution in [3.8, 4) is 0 Å². The lowest BCUT2D eigenvalue weighted by Crippen LogP contribution is -2.09.